The summed E-state index contributed by atoms with van der Waals surface area (Å²) in [6.07, 6.45) is 2.62. The second-order valence-electron chi connectivity index (χ2n) is 6.72. The highest BCUT2D eigenvalue weighted by molar-refractivity contribution is 5.97. The highest BCUT2D eigenvalue weighted by Gasteiger charge is 2.29. The number of halogens is 1. The highest BCUT2D eigenvalue weighted by atomic mass is 19.1. The van der Waals surface area contributed by atoms with Crippen LogP contribution in [0.4, 0.5) is 10.1 Å². The summed E-state index contributed by atoms with van der Waals surface area (Å²) >= 11 is 0. The van der Waals surface area contributed by atoms with Crippen LogP contribution in [0.15, 0.2) is 42.5 Å². The van der Waals surface area contributed by atoms with Crippen LogP contribution in [0.3, 0.4) is 0 Å². The van der Waals surface area contributed by atoms with Crippen molar-refractivity contribution in [3.63, 3.8) is 0 Å². The minimum Gasteiger partial charge on any atom is -0.497 e. The van der Waals surface area contributed by atoms with Gasteiger partial charge in [-0.3, -0.25) is 9.59 Å². The van der Waals surface area contributed by atoms with E-state index in [1.807, 2.05) is 29.2 Å². The number of benzene rings is 2. The number of ether oxygens (including phenoxy) is 1. The molecule has 0 spiro atoms. The number of hydrogen-bond donors (Lipinski definition) is 1. The van der Waals surface area contributed by atoms with Gasteiger partial charge in [0.15, 0.2) is 0 Å². The van der Waals surface area contributed by atoms with Crippen molar-refractivity contribution < 1.29 is 18.7 Å². The standard InChI is InChI=1S/C21H23FN2O3/c1-14(25)23-20-13-16(7-10-19(20)22)21(26)24-11-3-4-17(24)12-15-5-8-18(27-2)9-6-15/h5-10,13,17H,3-4,11-12H2,1-2H3,(H,23,25). The molecule has 0 aromatic heterocycles. The van der Waals surface area contributed by atoms with E-state index in [1.54, 1.807) is 7.11 Å². The zero-order valence-electron chi connectivity index (χ0n) is 15.5. The van der Waals surface area contributed by atoms with Crippen molar-refractivity contribution in [1.29, 1.82) is 0 Å². The summed E-state index contributed by atoms with van der Waals surface area (Å²) < 4.78 is 19.0. The van der Waals surface area contributed by atoms with Crippen molar-refractivity contribution in [3.05, 3.63) is 59.4 Å². The molecule has 1 saturated heterocycles. The van der Waals surface area contributed by atoms with Crippen molar-refractivity contribution in [2.45, 2.75) is 32.2 Å². The summed E-state index contributed by atoms with van der Waals surface area (Å²) in [7, 11) is 1.63. The zero-order chi connectivity index (χ0) is 19.4. The minimum absolute atomic E-state index is 0.0271. The molecular weight excluding hydrogens is 347 g/mol. The summed E-state index contributed by atoms with van der Waals surface area (Å²) in [5, 5.41) is 2.42. The molecule has 1 aliphatic heterocycles. The fourth-order valence-electron chi connectivity index (χ4n) is 3.46. The number of likely N-dealkylation sites (tertiary alicyclic amines) is 1. The third kappa shape index (κ3) is 4.45. The first kappa shape index (κ1) is 18.9. The molecule has 1 fully saturated rings. The maximum atomic E-state index is 13.8. The second-order valence-corrected chi connectivity index (χ2v) is 6.72. The SMILES string of the molecule is COc1ccc(CC2CCCN2C(=O)c2ccc(F)c(NC(C)=O)c2)cc1. The molecule has 0 saturated carbocycles. The third-order valence-electron chi connectivity index (χ3n) is 4.79. The minimum atomic E-state index is -0.557. The van der Waals surface area contributed by atoms with E-state index in [4.69, 9.17) is 4.74 Å². The Bertz CT molecular complexity index is 836. The maximum Gasteiger partial charge on any atom is 0.254 e. The average Bonchev–Trinajstić information content (AvgIpc) is 3.11. The first-order chi connectivity index (χ1) is 13.0. The number of hydrogen-bond acceptors (Lipinski definition) is 3. The molecule has 1 heterocycles. The average molecular weight is 370 g/mol. The lowest BCUT2D eigenvalue weighted by Crippen LogP contribution is -2.36. The van der Waals surface area contributed by atoms with E-state index in [2.05, 4.69) is 5.32 Å². The molecule has 3 rings (SSSR count). The van der Waals surface area contributed by atoms with Crippen LogP contribution >= 0.6 is 0 Å². The first-order valence-electron chi connectivity index (χ1n) is 8.99. The smallest absolute Gasteiger partial charge is 0.254 e. The van der Waals surface area contributed by atoms with Gasteiger partial charge in [0.25, 0.3) is 5.91 Å². The summed E-state index contributed by atoms with van der Waals surface area (Å²) in [6.45, 7) is 1.98. The predicted molar refractivity (Wildman–Crippen MR) is 101 cm³/mol. The Morgan fingerprint density at radius 3 is 2.63 bits per heavy atom. The summed E-state index contributed by atoms with van der Waals surface area (Å²) in [4.78, 5) is 26.0. The molecule has 5 nitrogen and oxygen atoms in total. The van der Waals surface area contributed by atoms with E-state index in [0.717, 1.165) is 30.6 Å². The zero-order valence-corrected chi connectivity index (χ0v) is 15.5. The number of carbonyl (C=O) groups excluding carboxylic acids is 2. The van der Waals surface area contributed by atoms with Crippen molar-refractivity contribution in [1.82, 2.24) is 4.90 Å². The molecule has 6 heteroatoms. The molecule has 1 atom stereocenters. The lowest BCUT2D eigenvalue weighted by Gasteiger charge is -2.25. The molecule has 2 aromatic carbocycles. The predicted octanol–water partition coefficient (Wildman–Crippen LogP) is 3.64. The van der Waals surface area contributed by atoms with Crippen LogP contribution in [0.2, 0.25) is 0 Å². The quantitative estimate of drug-likeness (QED) is 0.874. The largest absolute Gasteiger partial charge is 0.497 e. The van der Waals surface area contributed by atoms with Gasteiger partial charge in [-0.15, -0.1) is 0 Å². The van der Waals surface area contributed by atoms with Crippen LogP contribution in [0.1, 0.15) is 35.7 Å². The van der Waals surface area contributed by atoms with Crippen molar-refractivity contribution in [3.8, 4) is 5.75 Å². The van der Waals surface area contributed by atoms with Crippen molar-refractivity contribution >= 4 is 17.5 Å². The van der Waals surface area contributed by atoms with Crippen LogP contribution in [0.25, 0.3) is 0 Å². The first-order valence-corrected chi connectivity index (χ1v) is 8.99. The molecule has 27 heavy (non-hydrogen) atoms. The van der Waals surface area contributed by atoms with Gasteiger partial charge in [-0.2, -0.15) is 0 Å². The van der Waals surface area contributed by atoms with Crippen LogP contribution in [0, 0.1) is 5.82 Å². The Morgan fingerprint density at radius 1 is 1.22 bits per heavy atom. The van der Waals surface area contributed by atoms with Gasteiger partial charge in [0.2, 0.25) is 5.91 Å². The number of methoxy groups -OCH3 is 1. The van der Waals surface area contributed by atoms with E-state index < -0.39 is 5.82 Å². The second kappa shape index (κ2) is 8.20. The molecule has 1 aliphatic rings. The molecule has 2 aromatic rings. The van der Waals surface area contributed by atoms with Gasteiger partial charge in [-0.05, 0) is 55.2 Å². The number of anilines is 1. The number of amides is 2. The van der Waals surface area contributed by atoms with Crippen LogP contribution in [-0.2, 0) is 11.2 Å². The monoisotopic (exact) mass is 370 g/mol. The van der Waals surface area contributed by atoms with Gasteiger partial charge in [0, 0.05) is 25.1 Å². The Kier molecular flexibility index (Phi) is 5.74. The Balaban J connectivity index is 1.75. The molecule has 0 radical (unpaired) electrons. The fraction of sp³-hybridized carbons (Fsp3) is 0.333. The van der Waals surface area contributed by atoms with Crippen molar-refractivity contribution in [2.75, 3.05) is 19.0 Å². The van der Waals surface area contributed by atoms with Crippen LogP contribution in [0.5, 0.6) is 5.75 Å². The van der Waals surface area contributed by atoms with Gasteiger partial charge in [-0.25, -0.2) is 4.39 Å². The summed E-state index contributed by atoms with van der Waals surface area (Å²) in [5.41, 5.74) is 1.54. The molecule has 0 bridgehead atoms. The number of rotatable bonds is 5. The number of nitrogens with zero attached hydrogens (tertiary/aromatic N) is 1. The van der Waals surface area contributed by atoms with E-state index in [0.29, 0.717) is 12.1 Å². The van der Waals surface area contributed by atoms with Gasteiger partial charge >= 0.3 is 0 Å². The Morgan fingerprint density at radius 2 is 1.96 bits per heavy atom. The maximum absolute atomic E-state index is 13.8. The van der Waals surface area contributed by atoms with Crippen LogP contribution < -0.4 is 10.1 Å². The summed E-state index contributed by atoms with van der Waals surface area (Å²) in [5.74, 6) is -0.275. The molecular formula is C21H23FN2O3. The fourth-order valence-corrected chi connectivity index (χ4v) is 3.46. The van der Waals surface area contributed by atoms with E-state index in [9.17, 15) is 14.0 Å². The third-order valence-corrected chi connectivity index (χ3v) is 4.79. The molecule has 1 N–H and O–H groups in total. The highest BCUT2D eigenvalue weighted by Crippen LogP contribution is 2.26. The number of carbonyl (C=O) groups is 2. The lowest BCUT2D eigenvalue weighted by molar-refractivity contribution is -0.114. The van der Waals surface area contributed by atoms with E-state index in [1.165, 1.54) is 25.1 Å². The normalized spacial score (nSPS) is 16.3. The van der Waals surface area contributed by atoms with Gasteiger partial charge in [0.05, 0.1) is 12.8 Å². The lowest BCUT2D eigenvalue weighted by atomic mass is 10.0. The Labute approximate surface area is 158 Å². The summed E-state index contributed by atoms with van der Waals surface area (Å²) in [6, 6.07) is 12.0. The van der Waals surface area contributed by atoms with E-state index >= 15 is 0 Å². The molecule has 0 aliphatic carbocycles. The van der Waals surface area contributed by atoms with Crippen molar-refractivity contribution in [2.24, 2.45) is 0 Å². The topological polar surface area (TPSA) is 58.6 Å². The van der Waals surface area contributed by atoms with Gasteiger partial charge in [-0.1, -0.05) is 12.1 Å². The van der Waals surface area contributed by atoms with Crippen LogP contribution in [-0.4, -0.2) is 36.4 Å². The molecule has 1 unspecified atom stereocenters. The molecule has 2 amide bonds. The molecule has 142 valence electrons. The van der Waals surface area contributed by atoms with Gasteiger partial charge < -0.3 is 15.0 Å². The Hall–Kier alpha value is -2.89. The van der Waals surface area contributed by atoms with Gasteiger partial charge in [0.1, 0.15) is 11.6 Å². The number of nitrogens with one attached hydrogen (secondary N) is 1. The van der Waals surface area contributed by atoms with E-state index in [-0.39, 0.29) is 23.5 Å².